The number of aliphatic hydroxyl groups is 1. The fourth-order valence-corrected chi connectivity index (χ4v) is 2.95. The van der Waals surface area contributed by atoms with Crippen LogP contribution in [0, 0.1) is 0 Å². The number of hydrogen-bond acceptors (Lipinski definition) is 3. The first-order valence-electron chi connectivity index (χ1n) is 8.22. The lowest BCUT2D eigenvalue weighted by molar-refractivity contribution is -0.137. The zero-order chi connectivity index (χ0) is 17.6. The number of likely N-dealkylation sites (tertiary alicyclic amines) is 1. The van der Waals surface area contributed by atoms with Crippen LogP contribution in [0.25, 0.3) is 0 Å². The summed E-state index contributed by atoms with van der Waals surface area (Å²) >= 11 is 0. The van der Waals surface area contributed by atoms with Crippen LogP contribution >= 0.6 is 0 Å². The van der Waals surface area contributed by atoms with E-state index in [0.717, 1.165) is 50.9 Å². The number of unbranched alkanes of at least 4 members (excludes halogenated alkanes) is 1. The summed E-state index contributed by atoms with van der Waals surface area (Å²) in [5, 5.41) is 12.0. The molecule has 4 nitrogen and oxygen atoms in total. The highest BCUT2D eigenvalue weighted by Crippen LogP contribution is 2.29. The van der Waals surface area contributed by atoms with Gasteiger partial charge in [0.05, 0.1) is 12.2 Å². The maximum atomic E-state index is 12.5. The Morgan fingerprint density at radius 2 is 1.96 bits per heavy atom. The van der Waals surface area contributed by atoms with Gasteiger partial charge in [-0.25, -0.2) is 0 Å². The van der Waals surface area contributed by atoms with Gasteiger partial charge in [-0.15, -0.1) is 0 Å². The molecule has 0 bridgehead atoms. The summed E-state index contributed by atoms with van der Waals surface area (Å²) in [5.74, 6) is -0.363. The second kappa shape index (κ2) is 8.48. The third-order valence-electron chi connectivity index (χ3n) is 4.34. The molecule has 7 heteroatoms. The second-order valence-corrected chi connectivity index (χ2v) is 6.05. The molecule has 24 heavy (non-hydrogen) atoms. The number of nitrogens with zero attached hydrogens (tertiary/aromatic N) is 1. The molecule has 1 aromatic rings. The zero-order valence-corrected chi connectivity index (χ0v) is 13.5. The van der Waals surface area contributed by atoms with Crippen molar-refractivity contribution >= 4 is 5.91 Å². The first kappa shape index (κ1) is 18.7. The molecule has 0 aromatic heterocycles. The lowest BCUT2D eigenvalue weighted by Crippen LogP contribution is -2.33. The Kier molecular flexibility index (Phi) is 6.62. The summed E-state index contributed by atoms with van der Waals surface area (Å²) in [4.78, 5) is 14.1. The number of carbonyl (C=O) groups excluding carboxylic acids is 1. The van der Waals surface area contributed by atoms with E-state index in [9.17, 15) is 23.1 Å². The lowest BCUT2D eigenvalue weighted by atomic mass is 10.1. The monoisotopic (exact) mass is 344 g/mol. The number of hydrogen-bond donors (Lipinski definition) is 2. The predicted molar refractivity (Wildman–Crippen MR) is 84.7 cm³/mol. The van der Waals surface area contributed by atoms with Crippen molar-refractivity contribution in [2.24, 2.45) is 0 Å². The second-order valence-electron chi connectivity index (χ2n) is 6.05. The van der Waals surface area contributed by atoms with Crippen LogP contribution in [0.4, 0.5) is 13.2 Å². The van der Waals surface area contributed by atoms with Crippen LogP contribution in [0.2, 0.25) is 0 Å². The minimum Gasteiger partial charge on any atom is -0.395 e. The van der Waals surface area contributed by atoms with Crippen LogP contribution in [-0.2, 0) is 6.18 Å². The Bertz CT molecular complexity index is 532. The Morgan fingerprint density at radius 1 is 1.25 bits per heavy atom. The summed E-state index contributed by atoms with van der Waals surface area (Å²) in [6, 6.07) is 4.46. The van der Waals surface area contributed by atoms with Crippen molar-refractivity contribution in [2.75, 3.05) is 26.2 Å². The van der Waals surface area contributed by atoms with Gasteiger partial charge >= 0.3 is 6.18 Å². The molecule has 0 aliphatic carbocycles. The summed E-state index contributed by atoms with van der Waals surface area (Å²) in [6.45, 7) is 2.56. The number of alkyl halides is 3. The third-order valence-corrected chi connectivity index (χ3v) is 4.34. The molecule has 2 N–H and O–H groups in total. The molecule has 1 atom stereocenters. The highest BCUT2D eigenvalue weighted by Gasteiger charge is 2.30. The molecule has 1 amide bonds. The average Bonchev–Trinajstić information content (AvgIpc) is 3.01. The predicted octanol–water partition coefficient (Wildman–Crippen LogP) is 2.67. The van der Waals surface area contributed by atoms with E-state index in [1.165, 1.54) is 12.1 Å². The maximum absolute atomic E-state index is 12.5. The van der Waals surface area contributed by atoms with Gasteiger partial charge < -0.3 is 10.4 Å². The number of carbonyl (C=O) groups is 1. The smallest absolute Gasteiger partial charge is 0.395 e. The first-order chi connectivity index (χ1) is 11.4. The minimum atomic E-state index is -4.39. The molecule has 0 saturated carbocycles. The van der Waals surface area contributed by atoms with Crippen LogP contribution in [0.3, 0.4) is 0 Å². The number of halogens is 3. The van der Waals surface area contributed by atoms with E-state index in [1.54, 1.807) is 0 Å². The average molecular weight is 344 g/mol. The summed E-state index contributed by atoms with van der Waals surface area (Å²) in [7, 11) is 0. The van der Waals surface area contributed by atoms with Gasteiger partial charge in [0.1, 0.15) is 0 Å². The molecule has 134 valence electrons. The van der Waals surface area contributed by atoms with Crippen molar-refractivity contribution in [1.29, 1.82) is 0 Å². The van der Waals surface area contributed by atoms with Crippen molar-refractivity contribution < 1.29 is 23.1 Å². The van der Waals surface area contributed by atoms with Crippen molar-refractivity contribution in [3.05, 3.63) is 35.4 Å². The Hall–Kier alpha value is -1.60. The molecule has 1 heterocycles. The molecule has 1 aliphatic rings. The fourth-order valence-electron chi connectivity index (χ4n) is 2.95. The van der Waals surface area contributed by atoms with Crippen molar-refractivity contribution in [3.63, 3.8) is 0 Å². The third kappa shape index (κ3) is 5.21. The number of rotatable bonds is 7. The van der Waals surface area contributed by atoms with Crippen LogP contribution in [-0.4, -0.2) is 48.2 Å². The molecular weight excluding hydrogens is 321 g/mol. The van der Waals surface area contributed by atoms with E-state index in [0.29, 0.717) is 6.54 Å². The fraction of sp³-hybridized carbons (Fsp3) is 0.588. The highest BCUT2D eigenvalue weighted by atomic mass is 19.4. The van der Waals surface area contributed by atoms with E-state index < -0.39 is 11.7 Å². The molecule has 1 aromatic carbocycles. The van der Waals surface area contributed by atoms with Gasteiger partial charge in [-0.3, -0.25) is 9.69 Å². The highest BCUT2D eigenvalue weighted by molar-refractivity contribution is 5.94. The van der Waals surface area contributed by atoms with Crippen LogP contribution < -0.4 is 5.32 Å². The molecular formula is C17H23F3N2O2. The quantitative estimate of drug-likeness (QED) is 0.748. The van der Waals surface area contributed by atoms with Gasteiger partial charge in [0.25, 0.3) is 5.91 Å². The standard InChI is InChI=1S/C17H23F3N2O2/c18-17(19,20)14-7-5-13(6-8-14)16(24)21-9-1-2-10-22-11-3-4-15(22)12-23/h5-8,15,23H,1-4,9-12H2,(H,21,24). The lowest BCUT2D eigenvalue weighted by Gasteiger charge is -2.22. The number of benzene rings is 1. The minimum absolute atomic E-state index is 0.185. The van der Waals surface area contributed by atoms with Crippen molar-refractivity contribution in [2.45, 2.75) is 37.9 Å². The van der Waals surface area contributed by atoms with E-state index in [2.05, 4.69) is 10.2 Å². The molecule has 1 fully saturated rings. The van der Waals surface area contributed by atoms with Crippen molar-refractivity contribution in [1.82, 2.24) is 10.2 Å². The van der Waals surface area contributed by atoms with E-state index in [-0.39, 0.29) is 24.1 Å². The van der Waals surface area contributed by atoms with Gasteiger partial charge in [0.2, 0.25) is 0 Å². The van der Waals surface area contributed by atoms with Gasteiger partial charge in [-0.2, -0.15) is 13.2 Å². The van der Waals surface area contributed by atoms with Gasteiger partial charge in [-0.1, -0.05) is 0 Å². The largest absolute Gasteiger partial charge is 0.416 e. The molecule has 1 saturated heterocycles. The van der Waals surface area contributed by atoms with E-state index in [1.807, 2.05) is 0 Å². The zero-order valence-electron chi connectivity index (χ0n) is 13.5. The van der Waals surface area contributed by atoms with E-state index in [4.69, 9.17) is 0 Å². The van der Waals surface area contributed by atoms with Crippen LogP contribution in [0.1, 0.15) is 41.6 Å². The molecule has 0 spiro atoms. The molecule has 1 unspecified atom stereocenters. The summed E-state index contributed by atoms with van der Waals surface area (Å²) < 4.78 is 37.4. The van der Waals surface area contributed by atoms with E-state index >= 15 is 0 Å². The summed E-state index contributed by atoms with van der Waals surface area (Å²) in [5.41, 5.74) is -0.536. The van der Waals surface area contributed by atoms with Gasteiger partial charge in [-0.05, 0) is 63.0 Å². The van der Waals surface area contributed by atoms with Gasteiger partial charge in [0, 0.05) is 18.2 Å². The Morgan fingerprint density at radius 3 is 2.58 bits per heavy atom. The Balaban J connectivity index is 1.68. The molecule has 2 rings (SSSR count). The summed E-state index contributed by atoms with van der Waals surface area (Å²) in [6.07, 6.45) is -0.557. The van der Waals surface area contributed by atoms with Crippen LogP contribution in [0.5, 0.6) is 0 Å². The topological polar surface area (TPSA) is 52.6 Å². The van der Waals surface area contributed by atoms with Crippen molar-refractivity contribution in [3.8, 4) is 0 Å². The normalized spacial score (nSPS) is 18.8. The maximum Gasteiger partial charge on any atom is 0.416 e. The first-order valence-corrected chi connectivity index (χ1v) is 8.22. The number of aliphatic hydroxyl groups excluding tert-OH is 1. The van der Waals surface area contributed by atoms with Crippen LogP contribution in [0.15, 0.2) is 24.3 Å². The SMILES string of the molecule is O=C(NCCCCN1CCCC1CO)c1ccc(C(F)(F)F)cc1. The molecule has 1 aliphatic heterocycles. The van der Waals surface area contributed by atoms with Gasteiger partial charge in [0.15, 0.2) is 0 Å². The Labute approximate surface area is 139 Å². The number of nitrogens with one attached hydrogen (secondary N) is 1. The number of amides is 1. The molecule has 0 radical (unpaired) electrons.